The van der Waals surface area contributed by atoms with Gasteiger partial charge in [-0.15, -0.1) is 22.7 Å². The van der Waals surface area contributed by atoms with Crippen LogP contribution in [0.15, 0.2) is 56.4 Å². The number of aryl methyl sites for hydroxylation is 1. The number of aromatic amines is 2. The molecule has 5 aromatic rings. The molecular formula is C19H16N10OS2. The number of hydrogen-bond donors (Lipinski definition) is 4. The number of H-pyrrole nitrogens is 2. The van der Waals surface area contributed by atoms with Crippen molar-refractivity contribution in [1.29, 1.82) is 0 Å². The second-order valence-corrected chi connectivity index (χ2v) is 8.33. The Morgan fingerprint density at radius 3 is 2.47 bits per heavy atom. The number of hydrazone groups is 2. The fraction of sp³-hybridized carbons (Fsp3) is 0.0526. The van der Waals surface area contributed by atoms with Crippen LogP contribution in [0.3, 0.4) is 0 Å². The molecule has 4 heterocycles. The smallest absolute Gasteiger partial charge is 0.283 e. The monoisotopic (exact) mass is 464 g/mol. The zero-order valence-corrected chi connectivity index (χ0v) is 18.2. The van der Waals surface area contributed by atoms with Gasteiger partial charge in [0.15, 0.2) is 0 Å². The zero-order chi connectivity index (χ0) is 21.9. The minimum absolute atomic E-state index is 0.263. The fourth-order valence-electron chi connectivity index (χ4n) is 2.93. The van der Waals surface area contributed by atoms with Gasteiger partial charge in [0.05, 0.1) is 29.0 Å². The van der Waals surface area contributed by atoms with Crippen molar-refractivity contribution in [3.8, 4) is 5.95 Å². The standard InChI is InChI=1S/C19H16N10OS2/c1-11-13(10-23-27-19-21-5-7-32-19)16(30)29(28-11)17-24-14-3-2-12(8-15(14)25-17)9-22-26-18-20-4-6-31-18/h2-10,28H,1H3,(H,20,26)(H,21,27)(H,24,25)/b22-9+,23-10+. The molecule has 0 saturated heterocycles. The number of aromatic nitrogens is 6. The van der Waals surface area contributed by atoms with E-state index in [2.05, 4.69) is 46.1 Å². The molecule has 4 N–H and O–H groups in total. The first-order chi connectivity index (χ1) is 15.7. The van der Waals surface area contributed by atoms with Gasteiger partial charge in [0.1, 0.15) is 0 Å². The summed E-state index contributed by atoms with van der Waals surface area (Å²) in [5.74, 6) is 0.385. The van der Waals surface area contributed by atoms with Crippen LogP contribution in [0.4, 0.5) is 10.3 Å². The van der Waals surface area contributed by atoms with Gasteiger partial charge in [-0.05, 0) is 24.6 Å². The lowest BCUT2D eigenvalue weighted by Crippen LogP contribution is -2.18. The number of thiazole rings is 2. The average molecular weight is 465 g/mol. The molecule has 1 aromatic carbocycles. The predicted octanol–water partition coefficient (Wildman–Crippen LogP) is 3.16. The third kappa shape index (κ3) is 4.06. The molecule has 0 amide bonds. The van der Waals surface area contributed by atoms with Gasteiger partial charge < -0.3 is 4.98 Å². The lowest BCUT2D eigenvalue weighted by molar-refractivity contribution is 0.791. The molecule has 0 radical (unpaired) electrons. The zero-order valence-electron chi connectivity index (χ0n) is 16.6. The van der Waals surface area contributed by atoms with Gasteiger partial charge in [0.2, 0.25) is 16.2 Å². The number of rotatable bonds is 7. The summed E-state index contributed by atoms with van der Waals surface area (Å²) in [5.41, 5.74) is 8.88. The molecule has 5 rings (SSSR count). The number of nitrogens with zero attached hydrogens (tertiary/aromatic N) is 6. The van der Waals surface area contributed by atoms with E-state index in [1.165, 1.54) is 33.6 Å². The van der Waals surface area contributed by atoms with Crippen LogP contribution in [0, 0.1) is 6.92 Å². The van der Waals surface area contributed by atoms with E-state index in [1.807, 2.05) is 29.0 Å². The van der Waals surface area contributed by atoms with E-state index >= 15 is 0 Å². The van der Waals surface area contributed by atoms with Crippen LogP contribution in [-0.4, -0.2) is 42.1 Å². The van der Waals surface area contributed by atoms with Gasteiger partial charge >= 0.3 is 0 Å². The Kier molecular flexibility index (Phi) is 5.31. The lowest BCUT2D eigenvalue weighted by Gasteiger charge is -1.95. The molecule has 0 aliphatic heterocycles. The molecule has 0 bridgehead atoms. The largest absolute Gasteiger partial charge is 0.322 e. The van der Waals surface area contributed by atoms with Crippen molar-refractivity contribution < 1.29 is 0 Å². The lowest BCUT2D eigenvalue weighted by atomic mass is 10.2. The van der Waals surface area contributed by atoms with E-state index in [0.29, 0.717) is 27.5 Å². The van der Waals surface area contributed by atoms with Crippen molar-refractivity contribution in [2.24, 2.45) is 10.2 Å². The molecule has 0 spiro atoms. The Morgan fingerprint density at radius 2 is 1.78 bits per heavy atom. The second kappa shape index (κ2) is 8.56. The van der Waals surface area contributed by atoms with Gasteiger partial charge in [-0.2, -0.15) is 14.9 Å². The van der Waals surface area contributed by atoms with E-state index in [1.54, 1.807) is 25.5 Å². The Labute approximate surface area is 188 Å². The van der Waals surface area contributed by atoms with Crippen LogP contribution in [-0.2, 0) is 0 Å². The van der Waals surface area contributed by atoms with Crippen LogP contribution in [0.1, 0.15) is 16.8 Å². The Bertz CT molecular complexity index is 1460. The van der Waals surface area contributed by atoms with E-state index in [9.17, 15) is 4.79 Å². The van der Waals surface area contributed by atoms with E-state index in [4.69, 9.17) is 0 Å². The quantitative estimate of drug-likeness (QED) is 0.215. The molecular weight excluding hydrogens is 448 g/mol. The maximum Gasteiger partial charge on any atom is 0.283 e. The average Bonchev–Trinajstić information content (AvgIpc) is 3.58. The van der Waals surface area contributed by atoms with E-state index < -0.39 is 0 Å². The van der Waals surface area contributed by atoms with Crippen LogP contribution in [0.25, 0.3) is 17.0 Å². The van der Waals surface area contributed by atoms with Crippen molar-refractivity contribution in [2.75, 3.05) is 10.9 Å². The summed E-state index contributed by atoms with van der Waals surface area (Å²) in [7, 11) is 0. The molecule has 11 nitrogen and oxygen atoms in total. The molecule has 0 aliphatic rings. The minimum atomic E-state index is -0.263. The molecule has 32 heavy (non-hydrogen) atoms. The second-order valence-electron chi connectivity index (χ2n) is 6.54. The normalized spacial score (nSPS) is 11.8. The number of imidazole rings is 1. The van der Waals surface area contributed by atoms with E-state index in [-0.39, 0.29) is 5.56 Å². The molecule has 0 aliphatic carbocycles. The molecule has 4 aromatic heterocycles. The summed E-state index contributed by atoms with van der Waals surface area (Å²) in [6.07, 6.45) is 6.54. The summed E-state index contributed by atoms with van der Waals surface area (Å²) < 4.78 is 1.36. The van der Waals surface area contributed by atoms with Crippen molar-refractivity contribution in [1.82, 2.24) is 29.7 Å². The Hall–Kier alpha value is -4.10. The Balaban J connectivity index is 1.38. The van der Waals surface area contributed by atoms with Crippen molar-refractivity contribution >= 4 is 56.4 Å². The number of benzene rings is 1. The first-order valence-corrected chi connectivity index (χ1v) is 11.1. The van der Waals surface area contributed by atoms with Gasteiger partial charge in [-0.25, -0.2) is 15.0 Å². The third-order valence-corrected chi connectivity index (χ3v) is 5.77. The van der Waals surface area contributed by atoms with Gasteiger partial charge in [-0.3, -0.25) is 20.7 Å². The van der Waals surface area contributed by atoms with Crippen LogP contribution in [0.2, 0.25) is 0 Å². The molecule has 0 atom stereocenters. The molecule has 13 heteroatoms. The van der Waals surface area contributed by atoms with Gasteiger partial charge in [0, 0.05) is 28.8 Å². The highest BCUT2D eigenvalue weighted by Gasteiger charge is 2.14. The summed E-state index contributed by atoms with van der Waals surface area (Å²) in [6.45, 7) is 1.80. The summed E-state index contributed by atoms with van der Waals surface area (Å²) >= 11 is 2.88. The first-order valence-electron chi connectivity index (χ1n) is 9.36. The first kappa shape index (κ1) is 19.8. The molecule has 0 fully saturated rings. The molecule has 0 unspecified atom stereocenters. The molecule has 0 saturated carbocycles. The number of fused-ring (bicyclic) bond motifs is 1. The maximum absolute atomic E-state index is 12.9. The van der Waals surface area contributed by atoms with Crippen molar-refractivity contribution in [2.45, 2.75) is 6.92 Å². The summed E-state index contributed by atoms with van der Waals surface area (Å²) in [5, 5.41) is 16.4. The fourth-order valence-corrected chi connectivity index (χ4v) is 3.89. The van der Waals surface area contributed by atoms with Gasteiger partial charge in [-0.1, -0.05) is 6.07 Å². The maximum atomic E-state index is 12.9. The summed E-state index contributed by atoms with van der Waals surface area (Å²) in [4.78, 5) is 28.8. The van der Waals surface area contributed by atoms with Crippen LogP contribution < -0.4 is 16.4 Å². The van der Waals surface area contributed by atoms with E-state index in [0.717, 1.165) is 16.6 Å². The highest BCUT2D eigenvalue weighted by atomic mass is 32.1. The number of hydrogen-bond acceptors (Lipinski definition) is 10. The predicted molar refractivity (Wildman–Crippen MR) is 127 cm³/mol. The van der Waals surface area contributed by atoms with Crippen LogP contribution in [0.5, 0.6) is 0 Å². The number of nitrogens with one attached hydrogen (secondary N) is 4. The highest BCUT2D eigenvalue weighted by Crippen LogP contribution is 2.15. The third-order valence-electron chi connectivity index (χ3n) is 4.41. The topological polar surface area (TPSA) is 141 Å². The van der Waals surface area contributed by atoms with Crippen LogP contribution >= 0.6 is 22.7 Å². The SMILES string of the molecule is Cc1[nH]n(-c2nc3ccc(/C=N/Nc4nccs4)cc3[nH]2)c(=O)c1/C=N/Nc1nccs1. The Morgan fingerprint density at radius 1 is 1.06 bits per heavy atom. The van der Waals surface area contributed by atoms with Crippen molar-refractivity contribution in [3.63, 3.8) is 0 Å². The van der Waals surface area contributed by atoms with Crippen molar-refractivity contribution in [3.05, 3.63) is 68.5 Å². The van der Waals surface area contributed by atoms with Gasteiger partial charge in [0.25, 0.3) is 5.56 Å². The minimum Gasteiger partial charge on any atom is -0.322 e. The molecule has 160 valence electrons. The summed E-state index contributed by atoms with van der Waals surface area (Å²) in [6, 6.07) is 5.66. The highest BCUT2D eigenvalue weighted by molar-refractivity contribution is 7.13. The number of anilines is 2.